The topological polar surface area (TPSA) is 52.6 Å². The zero-order chi connectivity index (χ0) is 16.7. The van der Waals surface area contributed by atoms with E-state index >= 15 is 0 Å². The maximum Gasteiger partial charge on any atom is 0.433 e. The monoisotopic (exact) mass is 339 g/mol. The molecule has 0 aromatic heterocycles. The van der Waals surface area contributed by atoms with Crippen molar-refractivity contribution in [1.29, 1.82) is 0 Å². The number of nitrogens with zero attached hydrogens (tertiary/aromatic N) is 1. The molecule has 4 nitrogen and oxygen atoms in total. The van der Waals surface area contributed by atoms with Crippen LogP contribution in [0.25, 0.3) is 0 Å². The Kier molecular flexibility index (Phi) is 4.57. The van der Waals surface area contributed by atoms with Gasteiger partial charge in [0.05, 0.1) is 11.7 Å². The summed E-state index contributed by atoms with van der Waals surface area (Å²) in [7, 11) is 0. The third-order valence-electron chi connectivity index (χ3n) is 3.13. The Bertz CT molecular complexity index is 593. The van der Waals surface area contributed by atoms with Crippen LogP contribution in [-0.2, 0) is 15.9 Å². The molecular weight excluding hydrogens is 326 g/mol. The molecule has 22 heavy (non-hydrogen) atoms. The van der Waals surface area contributed by atoms with Gasteiger partial charge in [-0.05, 0) is 31.1 Å². The van der Waals surface area contributed by atoms with E-state index in [1.54, 1.807) is 6.92 Å². The van der Waals surface area contributed by atoms with Gasteiger partial charge >= 0.3 is 12.3 Å². The van der Waals surface area contributed by atoms with Gasteiger partial charge in [-0.15, -0.1) is 0 Å². The van der Waals surface area contributed by atoms with Gasteiger partial charge in [-0.3, -0.25) is 4.90 Å². The van der Waals surface area contributed by atoms with Crippen molar-refractivity contribution in [2.24, 2.45) is 0 Å². The van der Waals surface area contributed by atoms with E-state index in [2.05, 4.69) is 0 Å². The van der Waals surface area contributed by atoms with Gasteiger partial charge < -0.3 is 9.29 Å². The van der Waals surface area contributed by atoms with Crippen LogP contribution in [-0.4, -0.2) is 35.2 Å². The summed E-state index contributed by atoms with van der Waals surface area (Å²) in [5.41, 5.74) is -0.102. The number of benzene rings is 1. The number of hydrogen-bond acceptors (Lipinski definition) is 3. The van der Waals surface area contributed by atoms with Gasteiger partial charge in [0.2, 0.25) is 5.75 Å². The van der Waals surface area contributed by atoms with Gasteiger partial charge in [-0.2, -0.15) is 13.2 Å². The van der Waals surface area contributed by atoms with Crippen LogP contribution in [0.1, 0.15) is 12.5 Å². The molecule has 0 N–H and O–H groups in total. The summed E-state index contributed by atoms with van der Waals surface area (Å²) in [5, 5.41) is 0. The molecule has 1 heterocycles. The van der Waals surface area contributed by atoms with E-state index in [4.69, 9.17) is 4.74 Å². The third kappa shape index (κ3) is 3.46. The summed E-state index contributed by atoms with van der Waals surface area (Å²) < 4.78 is 67.8. The second-order valence-corrected chi connectivity index (χ2v) is 6.39. The van der Waals surface area contributed by atoms with Crippen LogP contribution < -0.4 is 4.90 Å². The number of ether oxygens (including phenoxy) is 1. The van der Waals surface area contributed by atoms with Crippen molar-refractivity contribution in [2.75, 3.05) is 17.3 Å². The molecule has 1 aliphatic heterocycles. The summed E-state index contributed by atoms with van der Waals surface area (Å²) in [6.07, 6.45) is -5.39. The first-order valence-corrected chi connectivity index (χ1v) is 7.63. The van der Waals surface area contributed by atoms with Crippen molar-refractivity contribution in [2.45, 2.75) is 31.0 Å². The number of amides is 1. The predicted molar refractivity (Wildman–Crippen MR) is 71.8 cm³/mol. The smallest absolute Gasteiger partial charge is 0.433 e. The highest BCUT2D eigenvalue weighted by molar-refractivity contribution is 7.91. The number of carbonyl (C=O) groups excluding carboxylic acids is 1. The molecule has 0 saturated carbocycles. The van der Waals surface area contributed by atoms with E-state index in [-0.39, 0.29) is 22.8 Å². The van der Waals surface area contributed by atoms with E-state index in [1.165, 1.54) is 6.92 Å². The largest absolute Gasteiger partial charge is 0.611 e. The van der Waals surface area contributed by atoms with Gasteiger partial charge in [0, 0.05) is 11.6 Å². The lowest BCUT2D eigenvalue weighted by Crippen LogP contribution is -2.32. The number of alkyl halides is 3. The molecule has 0 spiro atoms. The Labute approximate surface area is 127 Å². The van der Waals surface area contributed by atoms with Crippen LogP contribution in [0.15, 0.2) is 17.0 Å². The summed E-state index contributed by atoms with van der Waals surface area (Å²) >= 11 is -2.38. The summed E-state index contributed by atoms with van der Waals surface area (Å²) in [6, 6.07) is 1.53. The minimum Gasteiger partial charge on any atom is -0.611 e. The number of halogens is 4. The molecule has 2 atom stereocenters. The maximum absolute atomic E-state index is 14.1. The first-order chi connectivity index (χ1) is 10.1. The van der Waals surface area contributed by atoms with Crippen molar-refractivity contribution < 1.29 is 31.6 Å². The summed E-state index contributed by atoms with van der Waals surface area (Å²) in [4.78, 5) is 12.5. The van der Waals surface area contributed by atoms with Crippen LogP contribution in [0, 0.1) is 12.7 Å². The van der Waals surface area contributed by atoms with Crippen molar-refractivity contribution in [3.63, 3.8) is 0 Å². The third-order valence-corrected chi connectivity index (χ3v) is 4.65. The number of aryl methyl sites for hydroxylation is 1. The van der Waals surface area contributed by atoms with Gasteiger partial charge in [0.25, 0.3) is 0 Å². The number of anilines is 1. The second kappa shape index (κ2) is 5.96. The van der Waals surface area contributed by atoms with Crippen LogP contribution in [0.5, 0.6) is 0 Å². The van der Waals surface area contributed by atoms with Crippen molar-refractivity contribution >= 4 is 23.0 Å². The van der Waals surface area contributed by atoms with Gasteiger partial charge in [0.15, 0.2) is 4.90 Å². The Hall–Kier alpha value is -1.48. The zero-order valence-corrected chi connectivity index (χ0v) is 12.6. The quantitative estimate of drug-likeness (QED) is 0.628. The standard InChI is InChI=1S/C13H13F4NO3S/c1-7-3-9(14)10(18-8(2)5-21-12(18)19)4-11(7)22(20)6-13(15,16)17/h3-4,8H,5-6H2,1-2H3. The molecule has 0 aliphatic carbocycles. The molecule has 1 aliphatic rings. The number of rotatable bonds is 3. The highest BCUT2D eigenvalue weighted by Crippen LogP contribution is 2.32. The van der Waals surface area contributed by atoms with Gasteiger partial charge in [-0.25, -0.2) is 9.18 Å². The minimum absolute atomic E-state index is 0.0487. The molecule has 122 valence electrons. The molecule has 1 amide bonds. The maximum atomic E-state index is 14.1. The first kappa shape index (κ1) is 16.9. The summed E-state index contributed by atoms with van der Waals surface area (Å²) in [5.74, 6) is -2.31. The van der Waals surface area contributed by atoms with Crippen LogP contribution >= 0.6 is 0 Å². The van der Waals surface area contributed by atoms with E-state index in [0.29, 0.717) is 0 Å². The average molecular weight is 339 g/mol. The molecule has 1 aromatic carbocycles. The molecule has 0 radical (unpaired) electrons. The highest BCUT2D eigenvalue weighted by Gasteiger charge is 2.38. The summed E-state index contributed by atoms with van der Waals surface area (Å²) in [6.45, 7) is 3.02. The lowest BCUT2D eigenvalue weighted by molar-refractivity contribution is -0.106. The highest BCUT2D eigenvalue weighted by atomic mass is 32.2. The fourth-order valence-corrected chi connectivity index (χ4v) is 3.26. The molecular formula is C13H13F4NO3S. The Morgan fingerprint density at radius 3 is 2.59 bits per heavy atom. The van der Waals surface area contributed by atoms with Crippen molar-refractivity contribution in [3.8, 4) is 0 Å². The van der Waals surface area contributed by atoms with E-state index in [0.717, 1.165) is 17.0 Å². The minimum atomic E-state index is -4.61. The number of carbonyl (C=O) groups is 1. The molecule has 1 aromatic rings. The van der Waals surface area contributed by atoms with Gasteiger partial charge in [0.1, 0.15) is 12.4 Å². The zero-order valence-electron chi connectivity index (χ0n) is 11.7. The first-order valence-electron chi connectivity index (χ1n) is 6.31. The normalized spacial score (nSPS) is 20.2. The Morgan fingerprint density at radius 1 is 1.45 bits per heavy atom. The van der Waals surface area contributed by atoms with Crippen molar-refractivity contribution in [1.82, 2.24) is 0 Å². The van der Waals surface area contributed by atoms with Crippen LogP contribution in [0.2, 0.25) is 0 Å². The van der Waals surface area contributed by atoms with Crippen LogP contribution in [0.4, 0.5) is 28.0 Å². The SMILES string of the molecule is Cc1cc(F)c(N2C(=O)OCC2C)cc1[S+]([O-])CC(F)(F)F. The van der Waals surface area contributed by atoms with Crippen LogP contribution in [0.3, 0.4) is 0 Å². The number of cyclic esters (lactones) is 1. The molecule has 2 unspecified atom stereocenters. The van der Waals surface area contributed by atoms with Gasteiger partial charge in [-0.1, -0.05) is 0 Å². The molecule has 0 bridgehead atoms. The molecule has 2 rings (SSSR count). The Morgan fingerprint density at radius 2 is 2.09 bits per heavy atom. The fraction of sp³-hybridized carbons (Fsp3) is 0.462. The lowest BCUT2D eigenvalue weighted by Gasteiger charge is -2.21. The fourth-order valence-electron chi connectivity index (χ4n) is 2.15. The molecule has 9 heteroatoms. The van der Waals surface area contributed by atoms with E-state index < -0.39 is 41.1 Å². The van der Waals surface area contributed by atoms with E-state index in [9.17, 15) is 26.9 Å². The lowest BCUT2D eigenvalue weighted by atomic mass is 10.2. The molecule has 1 saturated heterocycles. The van der Waals surface area contributed by atoms with E-state index in [1.807, 2.05) is 0 Å². The average Bonchev–Trinajstić information content (AvgIpc) is 2.67. The number of hydrogen-bond donors (Lipinski definition) is 0. The predicted octanol–water partition coefficient (Wildman–Crippen LogP) is 3.15. The molecule has 1 fully saturated rings. The van der Waals surface area contributed by atoms with Crippen molar-refractivity contribution in [3.05, 3.63) is 23.5 Å². The second-order valence-electron chi connectivity index (χ2n) is 4.97. The Balaban J connectivity index is 2.41.